The van der Waals surface area contributed by atoms with Gasteiger partial charge in [0.25, 0.3) is 0 Å². The van der Waals surface area contributed by atoms with Crippen LogP contribution in [0.15, 0.2) is 48.5 Å². The van der Waals surface area contributed by atoms with Crippen LogP contribution in [0.5, 0.6) is 11.8 Å². The summed E-state index contributed by atoms with van der Waals surface area (Å²) in [6.45, 7) is 7.93. The molecule has 2 bridgehead atoms. The van der Waals surface area contributed by atoms with Crippen LogP contribution in [0.3, 0.4) is 0 Å². The topological polar surface area (TPSA) is 91.3 Å². The summed E-state index contributed by atoms with van der Waals surface area (Å²) in [4.78, 5) is 28.5. The zero-order valence-corrected chi connectivity index (χ0v) is 26.0. The average Bonchev–Trinajstić information content (AvgIpc) is 3.23. The Morgan fingerprint density at radius 3 is 2.45 bits per heavy atom. The van der Waals surface area contributed by atoms with Crippen LogP contribution in [0.4, 0.5) is 15.0 Å². The molecule has 0 spiro atoms. The Hall–Kier alpha value is -4.18. The Bertz CT molecular complexity index is 1690. The van der Waals surface area contributed by atoms with E-state index in [0.717, 1.165) is 36.6 Å². The molecule has 6 rings (SSSR count). The summed E-state index contributed by atoms with van der Waals surface area (Å²) in [6, 6.07) is 14.5. The number of aromatic nitrogens is 2. The molecule has 1 N–H and O–H groups in total. The number of amides is 1. The van der Waals surface area contributed by atoms with Crippen LogP contribution in [0.1, 0.15) is 40.0 Å². The number of anilines is 1. The van der Waals surface area contributed by atoms with E-state index < -0.39 is 11.4 Å². The monoisotopic (exact) mass is 601 g/mol. The van der Waals surface area contributed by atoms with Crippen LogP contribution in [-0.2, 0) is 4.74 Å². The minimum absolute atomic E-state index is 0.0409. The molecule has 2 unspecified atom stereocenters. The minimum atomic E-state index is -0.578. The summed E-state index contributed by atoms with van der Waals surface area (Å²) in [5.41, 5.74) is 0.496. The van der Waals surface area contributed by atoms with Gasteiger partial charge in [-0.05, 0) is 88.7 Å². The normalized spacial score (nSPS) is 18.4. The van der Waals surface area contributed by atoms with Gasteiger partial charge in [-0.25, -0.2) is 9.18 Å². The second kappa shape index (κ2) is 11.7. The van der Waals surface area contributed by atoms with Gasteiger partial charge < -0.3 is 24.4 Å². The highest BCUT2D eigenvalue weighted by atomic mass is 19.1. The molecular formula is C34H40FN5O4. The Morgan fingerprint density at radius 2 is 1.75 bits per heavy atom. The van der Waals surface area contributed by atoms with Crippen LogP contribution < -0.4 is 9.64 Å². The molecule has 44 heavy (non-hydrogen) atoms. The number of fused-ring (bicyclic) bond motifs is 4. The number of phenols is 1. The van der Waals surface area contributed by atoms with Gasteiger partial charge in [-0.1, -0.05) is 30.3 Å². The van der Waals surface area contributed by atoms with E-state index in [1.54, 1.807) is 18.2 Å². The fourth-order valence-corrected chi connectivity index (χ4v) is 6.39. The van der Waals surface area contributed by atoms with Crippen molar-refractivity contribution in [3.63, 3.8) is 0 Å². The van der Waals surface area contributed by atoms with Gasteiger partial charge in [-0.3, -0.25) is 4.90 Å². The average molecular weight is 602 g/mol. The van der Waals surface area contributed by atoms with Crippen molar-refractivity contribution in [2.24, 2.45) is 0 Å². The van der Waals surface area contributed by atoms with E-state index in [1.165, 1.54) is 0 Å². The summed E-state index contributed by atoms with van der Waals surface area (Å²) >= 11 is 0. The van der Waals surface area contributed by atoms with Crippen molar-refractivity contribution in [1.29, 1.82) is 0 Å². The molecule has 2 fully saturated rings. The minimum Gasteiger partial charge on any atom is -0.508 e. The third-order valence-corrected chi connectivity index (χ3v) is 8.27. The first-order chi connectivity index (χ1) is 21.0. The van der Waals surface area contributed by atoms with E-state index in [-0.39, 0.29) is 35.5 Å². The molecule has 0 aliphatic carbocycles. The number of carbonyl (C=O) groups excluding carboxylic acids is 1. The van der Waals surface area contributed by atoms with Crippen molar-refractivity contribution >= 4 is 33.6 Å². The van der Waals surface area contributed by atoms with Gasteiger partial charge in [-0.2, -0.15) is 9.97 Å². The number of halogens is 1. The Morgan fingerprint density at radius 1 is 1.02 bits per heavy atom. The van der Waals surface area contributed by atoms with Gasteiger partial charge in [0, 0.05) is 30.6 Å². The summed E-state index contributed by atoms with van der Waals surface area (Å²) in [7, 11) is 4.00. The van der Waals surface area contributed by atoms with E-state index >= 15 is 4.39 Å². The molecule has 1 aromatic heterocycles. The molecule has 1 amide bonds. The van der Waals surface area contributed by atoms with Crippen molar-refractivity contribution in [3.05, 3.63) is 54.3 Å². The van der Waals surface area contributed by atoms with Crippen molar-refractivity contribution in [2.45, 2.75) is 57.7 Å². The smallest absolute Gasteiger partial charge is 0.410 e. The molecule has 2 aliphatic heterocycles. The lowest BCUT2D eigenvalue weighted by Gasteiger charge is -2.42. The molecular weight excluding hydrogens is 561 g/mol. The van der Waals surface area contributed by atoms with Crippen LogP contribution in [0.2, 0.25) is 0 Å². The predicted octanol–water partition coefficient (Wildman–Crippen LogP) is 6.21. The second-order valence-electron chi connectivity index (χ2n) is 13.1. The van der Waals surface area contributed by atoms with Crippen molar-refractivity contribution < 1.29 is 23.8 Å². The SMILES string of the molecule is CN(C)CCCOc1nc(N2CC3CCC(C2)N3C(=O)OC(C)(C)C)c2ccc(-c3cc(O)cc4ccccc34)c(F)c2n1. The van der Waals surface area contributed by atoms with E-state index in [2.05, 4.69) is 14.8 Å². The number of piperazine rings is 1. The van der Waals surface area contributed by atoms with Gasteiger partial charge in [0.05, 0.1) is 18.7 Å². The quantitative estimate of drug-likeness (QED) is 0.250. The predicted molar refractivity (Wildman–Crippen MR) is 170 cm³/mol. The largest absolute Gasteiger partial charge is 0.508 e. The van der Waals surface area contributed by atoms with Crippen molar-refractivity contribution in [1.82, 2.24) is 19.8 Å². The zero-order valence-electron chi connectivity index (χ0n) is 26.0. The third-order valence-electron chi connectivity index (χ3n) is 8.27. The summed E-state index contributed by atoms with van der Waals surface area (Å²) < 4.78 is 28.3. The van der Waals surface area contributed by atoms with E-state index in [4.69, 9.17) is 14.5 Å². The van der Waals surface area contributed by atoms with Crippen LogP contribution >= 0.6 is 0 Å². The number of benzene rings is 3. The molecule has 0 radical (unpaired) electrons. The summed E-state index contributed by atoms with van der Waals surface area (Å²) in [6.07, 6.45) is 2.19. The standard InChI is InChI=1S/C34H40FN5O4/c1-34(2,3)44-33(42)40-22-11-12-23(40)20-39(19-22)31-27-14-13-26(28-18-24(41)17-21-9-6-7-10-25(21)28)29(35)30(27)36-32(37-31)43-16-8-15-38(4)5/h6-7,9-10,13-14,17-18,22-23,41H,8,11-12,15-16,19-20H2,1-5H3. The van der Waals surface area contributed by atoms with Crippen molar-refractivity contribution in [3.8, 4) is 22.9 Å². The van der Waals surface area contributed by atoms with Crippen LogP contribution in [-0.4, -0.2) is 89.0 Å². The fourth-order valence-electron chi connectivity index (χ4n) is 6.39. The number of phenolic OH excluding ortho intramolecular Hbond substituents is 1. The number of rotatable bonds is 7. The van der Waals surface area contributed by atoms with Crippen molar-refractivity contribution in [2.75, 3.05) is 45.2 Å². The maximum atomic E-state index is 16.6. The maximum absolute atomic E-state index is 16.6. The molecule has 10 heteroatoms. The number of hydrogen-bond donors (Lipinski definition) is 1. The Labute approximate surface area is 257 Å². The molecule has 232 valence electrons. The first-order valence-corrected chi connectivity index (χ1v) is 15.2. The van der Waals surface area contributed by atoms with Gasteiger partial charge in [-0.15, -0.1) is 0 Å². The number of aromatic hydroxyl groups is 1. The highest BCUT2D eigenvalue weighted by Gasteiger charge is 2.45. The Balaban J connectivity index is 1.40. The first-order valence-electron chi connectivity index (χ1n) is 15.2. The fraction of sp³-hybridized carbons (Fsp3) is 0.441. The van der Waals surface area contributed by atoms with Crippen LogP contribution in [0.25, 0.3) is 32.8 Å². The number of ether oxygens (including phenoxy) is 2. The van der Waals surface area contributed by atoms with Gasteiger partial charge >= 0.3 is 12.1 Å². The molecule has 0 saturated carbocycles. The van der Waals surface area contributed by atoms with E-state index in [0.29, 0.717) is 42.0 Å². The highest BCUT2D eigenvalue weighted by Crippen LogP contribution is 2.40. The van der Waals surface area contributed by atoms with Gasteiger partial charge in [0.2, 0.25) is 0 Å². The number of hydrogen-bond acceptors (Lipinski definition) is 8. The molecule has 2 aliphatic rings. The van der Waals surface area contributed by atoms with Gasteiger partial charge in [0.15, 0.2) is 5.82 Å². The maximum Gasteiger partial charge on any atom is 0.410 e. The lowest BCUT2D eigenvalue weighted by atomic mass is 9.96. The lowest BCUT2D eigenvalue weighted by Crippen LogP contribution is -2.57. The molecule has 2 atom stereocenters. The lowest BCUT2D eigenvalue weighted by molar-refractivity contribution is 0.0122. The molecule has 9 nitrogen and oxygen atoms in total. The van der Waals surface area contributed by atoms with E-state index in [1.807, 2.05) is 70.1 Å². The summed E-state index contributed by atoms with van der Waals surface area (Å²) in [5, 5.41) is 12.7. The molecule has 3 aromatic carbocycles. The molecule has 2 saturated heterocycles. The number of nitrogens with zero attached hydrogens (tertiary/aromatic N) is 5. The van der Waals surface area contributed by atoms with E-state index in [9.17, 15) is 9.90 Å². The highest BCUT2D eigenvalue weighted by molar-refractivity contribution is 6.01. The molecule has 3 heterocycles. The number of carbonyl (C=O) groups is 1. The Kier molecular flexibility index (Phi) is 7.96. The van der Waals surface area contributed by atoms with Gasteiger partial charge in [0.1, 0.15) is 22.7 Å². The molecule has 4 aromatic rings. The zero-order chi connectivity index (χ0) is 31.2. The summed E-state index contributed by atoms with van der Waals surface area (Å²) in [5.74, 6) is 0.143. The second-order valence-corrected chi connectivity index (χ2v) is 13.1. The van der Waals surface area contributed by atoms with Crippen LogP contribution in [0, 0.1) is 5.82 Å². The third kappa shape index (κ3) is 5.95. The first kappa shape index (κ1) is 29.9.